The summed E-state index contributed by atoms with van der Waals surface area (Å²) in [6.07, 6.45) is 3.04. The van der Waals surface area contributed by atoms with Gasteiger partial charge in [0, 0.05) is 0 Å². The first kappa shape index (κ1) is 16.0. The van der Waals surface area contributed by atoms with Gasteiger partial charge in [-0.05, 0) is 55.5 Å². The molecule has 0 aliphatic rings. The molecule has 2 aromatic carbocycles. The van der Waals surface area contributed by atoms with Gasteiger partial charge in [0.2, 0.25) is 5.88 Å². The van der Waals surface area contributed by atoms with Gasteiger partial charge in [0.05, 0.1) is 18.5 Å². The second-order valence-corrected chi connectivity index (χ2v) is 5.46. The molecule has 4 aromatic rings. The van der Waals surface area contributed by atoms with Crippen LogP contribution in [0.5, 0.6) is 17.4 Å². The fourth-order valence-corrected chi connectivity index (χ4v) is 2.56. The Morgan fingerprint density at radius 2 is 1.69 bits per heavy atom. The number of rotatable bonds is 5. The molecule has 0 aliphatic heterocycles. The Bertz CT molecular complexity index is 1030. The van der Waals surface area contributed by atoms with Gasteiger partial charge in [0.25, 0.3) is 0 Å². The summed E-state index contributed by atoms with van der Waals surface area (Å²) in [6, 6.07) is 13.3. The number of hydrogen-bond donors (Lipinski definition) is 0. The van der Waals surface area contributed by atoms with Gasteiger partial charge in [-0.15, -0.1) is 0 Å². The van der Waals surface area contributed by atoms with Crippen molar-refractivity contribution >= 4 is 11.0 Å². The molecule has 0 spiro atoms. The molecule has 0 radical (unpaired) electrons. The third-order valence-electron chi connectivity index (χ3n) is 3.75. The van der Waals surface area contributed by atoms with Crippen molar-refractivity contribution in [3.05, 3.63) is 66.9 Å². The summed E-state index contributed by atoms with van der Waals surface area (Å²) < 4.78 is 26.0. The van der Waals surface area contributed by atoms with Crippen LogP contribution in [0.4, 0.5) is 4.39 Å². The van der Waals surface area contributed by atoms with Gasteiger partial charge in [0.15, 0.2) is 5.65 Å². The topological polar surface area (TPSA) is 62.1 Å². The zero-order valence-electron chi connectivity index (χ0n) is 14.0. The van der Waals surface area contributed by atoms with Gasteiger partial charge in [-0.1, -0.05) is 0 Å². The smallest absolute Gasteiger partial charge is 0.233 e. The second-order valence-electron chi connectivity index (χ2n) is 5.46. The average Bonchev–Trinajstić information content (AvgIpc) is 3.09. The normalized spacial score (nSPS) is 10.8. The molecular weight excluding hydrogens is 335 g/mol. The van der Waals surface area contributed by atoms with Crippen molar-refractivity contribution in [3.63, 3.8) is 0 Å². The molecule has 2 heterocycles. The molecule has 0 N–H and O–H groups in total. The first-order chi connectivity index (χ1) is 12.7. The summed E-state index contributed by atoms with van der Waals surface area (Å²) >= 11 is 0. The van der Waals surface area contributed by atoms with Gasteiger partial charge >= 0.3 is 0 Å². The van der Waals surface area contributed by atoms with Gasteiger partial charge in [0.1, 0.15) is 29.0 Å². The Balaban J connectivity index is 1.67. The first-order valence-electron chi connectivity index (χ1n) is 8.10. The van der Waals surface area contributed by atoms with E-state index < -0.39 is 0 Å². The Morgan fingerprint density at radius 3 is 2.42 bits per heavy atom. The lowest BCUT2D eigenvalue weighted by Gasteiger charge is -2.07. The van der Waals surface area contributed by atoms with E-state index in [2.05, 4.69) is 15.1 Å². The maximum Gasteiger partial charge on any atom is 0.233 e. The van der Waals surface area contributed by atoms with Crippen molar-refractivity contribution in [3.8, 4) is 23.1 Å². The number of fused-ring (bicyclic) bond motifs is 1. The van der Waals surface area contributed by atoms with Crippen molar-refractivity contribution in [1.29, 1.82) is 0 Å². The number of nitrogens with zero attached hydrogens (tertiary/aromatic N) is 4. The zero-order valence-corrected chi connectivity index (χ0v) is 14.0. The maximum absolute atomic E-state index is 13.1. The van der Waals surface area contributed by atoms with Crippen LogP contribution in [0.15, 0.2) is 61.1 Å². The lowest BCUT2D eigenvalue weighted by atomic mass is 10.3. The highest BCUT2D eigenvalue weighted by Crippen LogP contribution is 2.28. The van der Waals surface area contributed by atoms with Crippen molar-refractivity contribution < 1.29 is 13.9 Å². The van der Waals surface area contributed by atoms with E-state index in [1.807, 2.05) is 31.2 Å². The third kappa shape index (κ3) is 3.06. The Kier molecular flexibility index (Phi) is 4.18. The quantitative estimate of drug-likeness (QED) is 0.541. The lowest BCUT2D eigenvalue weighted by Crippen LogP contribution is -1.98. The second kappa shape index (κ2) is 6.79. The molecule has 0 amide bonds. The van der Waals surface area contributed by atoms with E-state index in [9.17, 15) is 4.39 Å². The van der Waals surface area contributed by atoms with Crippen molar-refractivity contribution in [2.75, 3.05) is 6.61 Å². The molecule has 0 unspecified atom stereocenters. The van der Waals surface area contributed by atoms with Crippen LogP contribution in [-0.2, 0) is 0 Å². The van der Waals surface area contributed by atoms with E-state index in [1.165, 1.54) is 18.5 Å². The van der Waals surface area contributed by atoms with Gasteiger partial charge in [-0.2, -0.15) is 5.10 Å². The first-order valence-corrected chi connectivity index (χ1v) is 8.10. The van der Waals surface area contributed by atoms with Gasteiger partial charge in [-0.3, -0.25) is 0 Å². The van der Waals surface area contributed by atoms with Crippen LogP contribution in [0.25, 0.3) is 16.7 Å². The molecule has 6 nitrogen and oxygen atoms in total. The van der Waals surface area contributed by atoms with Crippen LogP contribution >= 0.6 is 0 Å². The number of aromatic nitrogens is 4. The summed E-state index contributed by atoms with van der Waals surface area (Å²) in [5.41, 5.74) is 1.28. The molecule has 0 saturated heterocycles. The number of hydrogen-bond acceptors (Lipinski definition) is 5. The van der Waals surface area contributed by atoms with Crippen molar-refractivity contribution in [2.24, 2.45) is 0 Å². The summed E-state index contributed by atoms with van der Waals surface area (Å²) in [5, 5.41) is 4.99. The molecule has 7 heteroatoms. The van der Waals surface area contributed by atoms with E-state index in [4.69, 9.17) is 9.47 Å². The largest absolute Gasteiger partial charge is 0.494 e. The predicted molar refractivity (Wildman–Crippen MR) is 94.3 cm³/mol. The zero-order chi connectivity index (χ0) is 17.9. The lowest BCUT2D eigenvalue weighted by molar-refractivity contribution is 0.339. The average molecular weight is 350 g/mol. The Labute approximate surface area is 148 Å². The minimum absolute atomic E-state index is 0.306. The van der Waals surface area contributed by atoms with Crippen LogP contribution < -0.4 is 9.47 Å². The van der Waals surface area contributed by atoms with Crippen LogP contribution in [0.3, 0.4) is 0 Å². The highest BCUT2D eigenvalue weighted by atomic mass is 19.1. The molecule has 26 heavy (non-hydrogen) atoms. The minimum atomic E-state index is -0.306. The summed E-state index contributed by atoms with van der Waals surface area (Å²) in [4.78, 5) is 8.48. The van der Waals surface area contributed by atoms with Crippen molar-refractivity contribution in [2.45, 2.75) is 6.92 Å². The monoisotopic (exact) mass is 350 g/mol. The molecular formula is C19H15FN4O2. The highest BCUT2D eigenvalue weighted by molar-refractivity contribution is 5.81. The fourth-order valence-electron chi connectivity index (χ4n) is 2.56. The molecule has 0 saturated carbocycles. The number of benzene rings is 2. The Hall–Kier alpha value is -3.48. The van der Waals surface area contributed by atoms with E-state index in [0.29, 0.717) is 35.0 Å². The third-order valence-corrected chi connectivity index (χ3v) is 3.75. The van der Waals surface area contributed by atoms with E-state index in [-0.39, 0.29) is 5.82 Å². The molecule has 2 aromatic heterocycles. The van der Waals surface area contributed by atoms with Crippen LogP contribution in [0.2, 0.25) is 0 Å². The molecule has 0 atom stereocenters. The Morgan fingerprint density at radius 1 is 0.962 bits per heavy atom. The number of halogens is 1. The molecule has 4 rings (SSSR count). The molecule has 0 bridgehead atoms. The van der Waals surface area contributed by atoms with Crippen LogP contribution in [-0.4, -0.2) is 26.4 Å². The highest BCUT2D eigenvalue weighted by Gasteiger charge is 2.13. The van der Waals surface area contributed by atoms with E-state index in [0.717, 1.165) is 5.75 Å². The standard InChI is InChI=1S/C19H15FN4O2/c1-2-25-15-7-9-16(10-8-15)26-19-17-11-23-24(18(17)21-12-22-19)14-5-3-13(20)4-6-14/h3-12H,2H2,1H3. The van der Waals surface area contributed by atoms with E-state index in [1.54, 1.807) is 23.0 Å². The maximum atomic E-state index is 13.1. The van der Waals surface area contributed by atoms with Crippen LogP contribution in [0.1, 0.15) is 6.92 Å². The molecule has 130 valence electrons. The van der Waals surface area contributed by atoms with Crippen LogP contribution in [0, 0.1) is 5.82 Å². The van der Waals surface area contributed by atoms with Gasteiger partial charge in [-0.25, -0.2) is 19.0 Å². The fraction of sp³-hybridized carbons (Fsp3) is 0.105. The number of ether oxygens (including phenoxy) is 2. The van der Waals surface area contributed by atoms with Gasteiger partial charge < -0.3 is 9.47 Å². The molecule has 0 fully saturated rings. The van der Waals surface area contributed by atoms with E-state index >= 15 is 0 Å². The minimum Gasteiger partial charge on any atom is -0.494 e. The summed E-state index contributed by atoms with van der Waals surface area (Å²) in [7, 11) is 0. The predicted octanol–water partition coefficient (Wildman–Crippen LogP) is 4.15. The SMILES string of the molecule is CCOc1ccc(Oc2ncnc3c2cnn3-c2ccc(F)cc2)cc1. The summed E-state index contributed by atoms with van der Waals surface area (Å²) in [6.45, 7) is 2.54. The van der Waals surface area contributed by atoms with Crippen molar-refractivity contribution in [1.82, 2.24) is 19.7 Å². The molecule has 0 aliphatic carbocycles. The summed E-state index contributed by atoms with van der Waals surface area (Å²) in [5.74, 6) is 1.49.